The summed E-state index contributed by atoms with van der Waals surface area (Å²) in [6.45, 7) is 5.44. The van der Waals surface area contributed by atoms with Gasteiger partial charge in [0.2, 0.25) is 0 Å². The Kier molecular flexibility index (Phi) is 6.08. The number of piperidine rings is 1. The number of nitrogens with two attached hydrogens (primary N) is 1. The Balaban J connectivity index is 1.88. The molecule has 3 N–H and O–H groups in total. The molecule has 1 fully saturated rings. The van der Waals surface area contributed by atoms with E-state index in [4.69, 9.17) is 10.8 Å². The van der Waals surface area contributed by atoms with Crippen LogP contribution in [0.3, 0.4) is 0 Å². The van der Waals surface area contributed by atoms with E-state index in [1.54, 1.807) is 6.07 Å². The largest absolute Gasteiger partial charge is 0.396 e. The molecule has 1 aromatic rings. The fourth-order valence-electron chi connectivity index (χ4n) is 3.13. The third-order valence-electron chi connectivity index (χ3n) is 4.39. The van der Waals surface area contributed by atoms with E-state index in [1.807, 2.05) is 0 Å². The summed E-state index contributed by atoms with van der Waals surface area (Å²) in [7, 11) is 0. The van der Waals surface area contributed by atoms with Crippen molar-refractivity contribution in [2.24, 2.45) is 17.6 Å². The highest BCUT2D eigenvalue weighted by atomic mass is 19.1. The number of rotatable bonds is 6. The molecule has 1 aliphatic heterocycles. The lowest BCUT2D eigenvalue weighted by atomic mass is 9.92. The Morgan fingerprint density at radius 3 is 3.00 bits per heavy atom. The summed E-state index contributed by atoms with van der Waals surface area (Å²) in [5.74, 6) is 0.522. The summed E-state index contributed by atoms with van der Waals surface area (Å²) < 4.78 is 12.9. The average Bonchev–Trinajstić information content (AvgIpc) is 2.48. The van der Waals surface area contributed by atoms with Crippen LogP contribution < -0.4 is 5.73 Å². The molecule has 0 spiro atoms. The first-order chi connectivity index (χ1) is 10.1. The summed E-state index contributed by atoms with van der Waals surface area (Å²) in [6, 6.07) is 2.90. The Labute approximate surface area is 126 Å². The molecule has 1 aromatic heterocycles. The fourth-order valence-corrected chi connectivity index (χ4v) is 3.13. The lowest BCUT2D eigenvalue weighted by Crippen LogP contribution is -2.40. The van der Waals surface area contributed by atoms with E-state index in [1.165, 1.54) is 25.1 Å². The quantitative estimate of drug-likeness (QED) is 0.842. The van der Waals surface area contributed by atoms with Gasteiger partial charge in [-0.25, -0.2) is 4.39 Å². The number of nitrogens with zero attached hydrogens (tertiary/aromatic N) is 2. The number of pyridine rings is 1. The van der Waals surface area contributed by atoms with E-state index in [0.29, 0.717) is 5.92 Å². The minimum Gasteiger partial charge on any atom is -0.396 e. The predicted octanol–water partition coefficient (Wildman–Crippen LogP) is 1.95. The highest BCUT2D eigenvalue weighted by molar-refractivity contribution is 5.10. The first-order valence-electron chi connectivity index (χ1n) is 7.80. The summed E-state index contributed by atoms with van der Waals surface area (Å²) in [5.41, 5.74) is 6.99. The zero-order valence-electron chi connectivity index (χ0n) is 12.7. The number of aliphatic hydroxyl groups is 1. The van der Waals surface area contributed by atoms with Crippen LogP contribution in [0.4, 0.5) is 4.39 Å². The predicted molar refractivity (Wildman–Crippen MR) is 81.2 cm³/mol. The van der Waals surface area contributed by atoms with E-state index >= 15 is 0 Å². The third kappa shape index (κ3) is 4.73. The number of hydrogen-bond acceptors (Lipinski definition) is 4. The van der Waals surface area contributed by atoms with Crippen LogP contribution in [-0.2, 0) is 0 Å². The van der Waals surface area contributed by atoms with Gasteiger partial charge in [-0.2, -0.15) is 0 Å². The molecule has 0 aromatic carbocycles. The first kappa shape index (κ1) is 16.3. The van der Waals surface area contributed by atoms with Gasteiger partial charge in [-0.1, -0.05) is 6.92 Å². The monoisotopic (exact) mass is 295 g/mol. The van der Waals surface area contributed by atoms with Crippen LogP contribution in [0.1, 0.15) is 37.9 Å². The fraction of sp³-hybridized carbons (Fsp3) is 0.688. The Morgan fingerprint density at radius 2 is 2.33 bits per heavy atom. The van der Waals surface area contributed by atoms with E-state index in [-0.39, 0.29) is 24.4 Å². The van der Waals surface area contributed by atoms with Crippen molar-refractivity contribution >= 4 is 0 Å². The number of halogens is 1. The lowest BCUT2D eigenvalue weighted by molar-refractivity contribution is 0.128. The number of aromatic nitrogens is 1. The minimum absolute atomic E-state index is 0.177. The Hall–Kier alpha value is -1.04. The maximum atomic E-state index is 12.9. The molecule has 1 aliphatic rings. The van der Waals surface area contributed by atoms with Crippen molar-refractivity contribution in [1.82, 2.24) is 9.88 Å². The Morgan fingerprint density at radius 1 is 1.52 bits per heavy atom. The lowest BCUT2D eigenvalue weighted by Gasteiger charge is -2.35. The maximum Gasteiger partial charge on any atom is 0.141 e. The van der Waals surface area contributed by atoms with Crippen LogP contribution in [0.25, 0.3) is 0 Å². The second kappa shape index (κ2) is 7.82. The van der Waals surface area contributed by atoms with Crippen molar-refractivity contribution in [2.75, 3.05) is 26.2 Å². The normalized spacial score (nSPS) is 23.0. The van der Waals surface area contributed by atoms with E-state index < -0.39 is 0 Å². The van der Waals surface area contributed by atoms with Gasteiger partial charge >= 0.3 is 0 Å². The van der Waals surface area contributed by atoms with Crippen molar-refractivity contribution in [3.63, 3.8) is 0 Å². The molecular weight excluding hydrogens is 269 g/mol. The highest BCUT2D eigenvalue weighted by Crippen LogP contribution is 2.23. The topological polar surface area (TPSA) is 62.4 Å². The second-order valence-corrected chi connectivity index (χ2v) is 6.18. The van der Waals surface area contributed by atoms with Gasteiger partial charge < -0.3 is 15.7 Å². The molecule has 3 atom stereocenters. The van der Waals surface area contributed by atoms with Crippen molar-refractivity contribution in [3.05, 3.63) is 29.8 Å². The molecule has 0 bridgehead atoms. The van der Waals surface area contributed by atoms with Gasteiger partial charge in [-0.3, -0.25) is 4.98 Å². The van der Waals surface area contributed by atoms with Crippen LogP contribution >= 0.6 is 0 Å². The van der Waals surface area contributed by atoms with Gasteiger partial charge in [0.25, 0.3) is 0 Å². The van der Waals surface area contributed by atoms with Crippen LogP contribution in [0.2, 0.25) is 0 Å². The second-order valence-electron chi connectivity index (χ2n) is 6.18. The van der Waals surface area contributed by atoms with Crippen molar-refractivity contribution in [1.29, 1.82) is 0 Å². The van der Waals surface area contributed by atoms with Gasteiger partial charge in [0.1, 0.15) is 5.82 Å². The number of hydrogen-bond donors (Lipinski definition) is 2. The van der Waals surface area contributed by atoms with E-state index in [0.717, 1.165) is 31.7 Å². The van der Waals surface area contributed by atoms with Crippen molar-refractivity contribution in [3.8, 4) is 0 Å². The molecule has 0 aliphatic carbocycles. The van der Waals surface area contributed by atoms with E-state index in [2.05, 4.69) is 16.8 Å². The summed E-state index contributed by atoms with van der Waals surface area (Å²) in [5, 5.41) is 9.07. The van der Waals surface area contributed by atoms with Crippen molar-refractivity contribution < 1.29 is 9.50 Å². The first-order valence-corrected chi connectivity index (χ1v) is 7.80. The van der Waals surface area contributed by atoms with Crippen LogP contribution in [-0.4, -0.2) is 41.2 Å². The van der Waals surface area contributed by atoms with Gasteiger partial charge in [0.15, 0.2) is 0 Å². The molecule has 5 heteroatoms. The summed E-state index contributed by atoms with van der Waals surface area (Å²) >= 11 is 0. The zero-order valence-corrected chi connectivity index (χ0v) is 12.7. The standard InChI is InChI=1S/C16H26FN3O/c1-12(16(18)15-5-4-14(17)9-19-15)10-20-7-2-3-13(11-20)6-8-21/h4-5,9,12-13,16,21H,2-3,6-8,10-11,18H2,1H3. The SMILES string of the molecule is CC(CN1CCCC(CCO)C1)C(N)c1ccc(F)cn1. The number of aliphatic hydroxyl groups excluding tert-OH is 1. The zero-order chi connectivity index (χ0) is 15.2. The summed E-state index contributed by atoms with van der Waals surface area (Å²) in [6.07, 6.45) is 4.50. The van der Waals surface area contributed by atoms with Crippen molar-refractivity contribution in [2.45, 2.75) is 32.2 Å². The Bertz CT molecular complexity index is 424. The highest BCUT2D eigenvalue weighted by Gasteiger charge is 2.24. The molecule has 0 saturated carbocycles. The molecule has 4 nitrogen and oxygen atoms in total. The average molecular weight is 295 g/mol. The maximum absolute atomic E-state index is 12.9. The molecule has 2 rings (SSSR count). The van der Waals surface area contributed by atoms with Gasteiger partial charge in [-0.05, 0) is 49.8 Å². The van der Waals surface area contributed by atoms with Gasteiger partial charge in [0.05, 0.1) is 17.9 Å². The summed E-state index contributed by atoms with van der Waals surface area (Å²) in [4.78, 5) is 6.51. The smallest absolute Gasteiger partial charge is 0.141 e. The minimum atomic E-state index is -0.332. The van der Waals surface area contributed by atoms with Crippen LogP contribution in [0, 0.1) is 17.7 Å². The molecule has 2 heterocycles. The van der Waals surface area contributed by atoms with E-state index in [9.17, 15) is 4.39 Å². The number of likely N-dealkylation sites (tertiary alicyclic amines) is 1. The molecule has 3 unspecified atom stereocenters. The molecular formula is C16H26FN3O. The third-order valence-corrected chi connectivity index (χ3v) is 4.39. The molecule has 0 amide bonds. The van der Waals surface area contributed by atoms with Gasteiger partial charge in [-0.15, -0.1) is 0 Å². The van der Waals surface area contributed by atoms with Gasteiger partial charge in [0, 0.05) is 19.7 Å². The molecule has 21 heavy (non-hydrogen) atoms. The molecule has 118 valence electrons. The molecule has 0 radical (unpaired) electrons. The van der Waals surface area contributed by atoms with Crippen LogP contribution in [0.5, 0.6) is 0 Å². The molecule has 1 saturated heterocycles. The van der Waals surface area contributed by atoms with Crippen LogP contribution in [0.15, 0.2) is 18.3 Å².